The second-order valence-electron chi connectivity index (χ2n) is 6.36. The van der Waals surface area contributed by atoms with E-state index in [0.717, 1.165) is 25.4 Å². The van der Waals surface area contributed by atoms with Crippen molar-refractivity contribution in [2.24, 2.45) is 0 Å². The average molecular weight is 414 g/mol. The van der Waals surface area contributed by atoms with Crippen LogP contribution in [0.3, 0.4) is 0 Å². The molecule has 3 rings (SSSR count). The molecule has 2 aromatic heterocycles. The molecule has 0 N–H and O–H groups in total. The SMILES string of the molecule is C=CCOc1nc(OCC=C)nc(OCC2CN(C/C=C\c3ccco3)CCO2)n1. The minimum Gasteiger partial charge on any atom is -0.465 e. The number of ether oxygens (including phenoxy) is 4. The van der Waals surface area contributed by atoms with Gasteiger partial charge in [-0.15, -0.1) is 15.0 Å². The van der Waals surface area contributed by atoms with Crippen LogP contribution in [0.5, 0.6) is 18.0 Å². The first-order valence-corrected chi connectivity index (χ1v) is 9.67. The van der Waals surface area contributed by atoms with Crippen LogP contribution in [0.2, 0.25) is 0 Å². The first-order valence-electron chi connectivity index (χ1n) is 9.67. The van der Waals surface area contributed by atoms with Gasteiger partial charge in [0.1, 0.15) is 31.7 Å². The van der Waals surface area contributed by atoms with Gasteiger partial charge in [0.05, 0.1) is 12.9 Å². The molecule has 3 heterocycles. The zero-order valence-corrected chi connectivity index (χ0v) is 16.8. The van der Waals surface area contributed by atoms with Gasteiger partial charge in [0.15, 0.2) is 0 Å². The summed E-state index contributed by atoms with van der Waals surface area (Å²) in [7, 11) is 0. The number of rotatable bonds is 12. The number of morpholine rings is 1. The molecular weight excluding hydrogens is 388 g/mol. The normalized spacial score (nSPS) is 17.0. The molecule has 160 valence electrons. The van der Waals surface area contributed by atoms with Crippen LogP contribution in [-0.4, -0.2) is 72.0 Å². The van der Waals surface area contributed by atoms with E-state index in [1.165, 1.54) is 0 Å². The predicted octanol–water partition coefficient (Wildman–Crippen LogP) is 2.39. The molecular formula is C21H26N4O5. The van der Waals surface area contributed by atoms with Gasteiger partial charge in [-0.1, -0.05) is 31.4 Å². The molecule has 0 radical (unpaired) electrons. The minimum atomic E-state index is -0.109. The van der Waals surface area contributed by atoms with Gasteiger partial charge in [0.2, 0.25) is 0 Å². The quantitative estimate of drug-likeness (QED) is 0.485. The average Bonchev–Trinajstić information content (AvgIpc) is 3.29. The molecule has 1 unspecified atom stereocenters. The number of furan rings is 1. The van der Waals surface area contributed by atoms with Crippen LogP contribution in [0.1, 0.15) is 5.76 Å². The number of hydrogen-bond acceptors (Lipinski definition) is 9. The number of nitrogens with zero attached hydrogens (tertiary/aromatic N) is 4. The van der Waals surface area contributed by atoms with Crippen molar-refractivity contribution in [2.45, 2.75) is 6.10 Å². The Morgan fingerprint density at radius 3 is 2.40 bits per heavy atom. The molecule has 0 aliphatic carbocycles. The van der Waals surface area contributed by atoms with Crippen molar-refractivity contribution in [3.8, 4) is 18.0 Å². The summed E-state index contributed by atoms with van der Waals surface area (Å²) in [6, 6.07) is 4.11. The van der Waals surface area contributed by atoms with Crippen molar-refractivity contribution in [1.82, 2.24) is 19.9 Å². The van der Waals surface area contributed by atoms with Gasteiger partial charge >= 0.3 is 18.0 Å². The summed E-state index contributed by atoms with van der Waals surface area (Å²) in [6.07, 6.45) is 8.77. The van der Waals surface area contributed by atoms with Crippen LogP contribution in [-0.2, 0) is 4.74 Å². The third-order valence-corrected chi connectivity index (χ3v) is 4.04. The summed E-state index contributed by atoms with van der Waals surface area (Å²) in [4.78, 5) is 14.7. The summed E-state index contributed by atoms with van der Waals surface area (Å²) >= 11 is 0. The van der Waals surface area contributed by atoms with E-state index in [2.05, 4.69) is 39.1 Å². The van der Waals surface area contributed by atoms with Gasteiger partial charge in [-0.25, -0.2) is 0 Å². The fraction of sp³-hybridized carbons (Fsp3) is 0.381. The first kappa shape index (κ1) is 21.5. The minimum absolute atomic E-state index is 0.105. The zero-order valence-electron chi connectivity index (χ0n) is 16.8. The van der Waals surface area contributed by atoms with Gasteiger partial charge in [0, 0.05) is 19.6 Å². The van der Waals surface area contributed by atoms with Gasteiger partial charge in [-0.3, -0.25) is 4.90 Å². The lowest BCUT2D eigenvalue weighted by atomic mass is 10.2. The van der Waals surface area contributed by atoms with Crippen LogP contribution in [0, 0.1) is 0 Å². The Hall–Kier alpha value is -3.17. The van der Waals surface area contributed by atoms with E-state index < -0.39 is 0 Å². The van der Waals surface area contributed by atoms with E-state index in [9.17, 15) is 0 Å². The molecule has 2 aromatic rings. The topological polar surface area (TPSA) is 92.0 Å². The van der Waals surface area contributed by atoms with Gasteiger partial charge < -0.3 is 23.4 Å². The van der Waals surface area contributed by atoms with Crippen molar-refractivity contribution in [1.29, 1.82) is 0 Å². The molecule has 30 heavy (non-hydrogen) atoms. The van der Waals surface area contributed by atoms with Crippen molar-refractivity contribution in [3.63, 3.8) is 0 Å². The zero-order chi connectivity index (χ0) is 21.0. The van der Waals surface area contributed by atoms with Crippen molar-refractivity contribution in [2.75, 3.05) is 46.1 Å². The maximum atomic E-state index is 5.80. The van der Waals surface area contributed by atoms with E-state index in [1.807, 2.05) is 18.2 Å². The molecule has 9 heteroatoms. The molecule has 0 amide bonds. The highest BCUT2D eigenvalue weighted by molar-refractivity contribution is 5.42. The lowest BCUT2D eigenvalue weighted by molar-refractivity contribution is -0.0461. The fourth-order valence-corrected chi connectivity index (χ4v) is 2.70. The van der Waals surface area contributed by atoms with E-state index >= 15 is 0 Å². The summed E-state index contributed by atoms with van der Waals surface area (Å²) in [6.45, 7) is 11.0. The molecule has 0 bridgehead atoms. The molecule has 9 nitrogen and oxygen atoms in total. The van der Waals surface area contributed by atoms with Crippen LogP contribution < -0.4 is 14.2 Å². The number of aromatic nitrogens is 3. The molecule has 1 fully saturated rings. The Labute approximate surface area is 175 Å². The van der Waals surface area contributed by atoms with Crippen LogP contribution in [0.4, 0.5) is 0 Å². The smallest absolute Gasteiger partial charge is 0.326 e. The molecule has 1 aliphatic heterocycles. The predicted molar refractivity (Wildman–Crippen MR) is 111 cm³/mol. The summed E-state index contributed by atoms with van der Waals surface area (Å²) in [5, 5.41) is 0. The van der Waals surface area contributed by atoms with Crippen LogP contribution in [0.15, 0.2) is 54.2 Å². The molecule has 0 spiro atoms. The molecule has 0 saturated carbocycles. The maximum absolute atomic E-state index is 5.80. The van der Waals surface area contributed by atoms with Crippen molar-refractivity contribution >= 4 is 6.08 Å². The second kappa shape index (κ2) is 11.7. The third-order valence-electron chi connectivity index (χ3n) is 4.04. The molecule has 1 atom stereocenters. The summed E-state index contributed by atoms with van der Waals surface area (Å²) in [5.74, 6) is 0.835. The van der Waals surface area contributed by atoms with Crippen molar-refractivity contribution < 1.29 is 23.4 Å². The largest absolute Gasteiger partial charge is 0.465 e. The van der Waals surface area contributed by atoms with E-state index in [0.29, 0.717) is 13.2 Å². The van der Waals surface area contributed by atoms with E-state index in [4.69, 9.17) is 23.4 Å². The molecule has 1 aliphatic rings. The Kier molecular flexibility index (Phi) is 8.43. The fourth-order valence-electron chi connectivity index (χ4n) is 2.70. The Morgan fingerprint density at radius 1 is 1.07 bits per heavy atom. The maximum Gasteiger partial charge on any atom is 0.326 e. The standard InChI is InChI=1S/C21H26N4O5/c1-3-11-28-19-22-20(29-12-4-2)24-21(23-19)30-16-18-15-25(10-14-27-18)9-5-7-17-8-6-13-26-17/h3-8,13,18H,1-2,9-12,14-16H2/b7-5-. The van der Waals surface area contributed by atoms with Gasteiger partial charge in [-0.2, -0.15) is 0 Å². The summed E-state index contributed by atoms with van der Waals surface area (Å²) in [5.41, 5.74) is 0. The van der Waals surface area contributed by atoms with E-state index in [-0.39, 0.29) is 37.3 Å². The van der Waals surface area contributed by atoms with Crippen molar-refractivity contribution in [3.05, 3.63) is 55.5 Å². The summed E-state index contributed by atoms with van der Waals surface area (Å²) < 4.78 is 27.6. The molecule has 1 saturated heterocycles. The van der Waals surface area contributed by atoms with Crippen LogP contribution >= 0.6 is 0 Å². The first-order chi connectivity index (χ1) is 14.8. The van der Waals surface area contributed by atoms with Gasteiger partial charge in [-0.05, 0) is 18.2 Å². The Balaban J connectivity index is 1.52. The Morgan fingerprint density at radius 2 is 1.77 bits per heavy atom. The van der Waals surface area contributed by atoms with E-state index in [1.54, 1.807) is 18.4 Å². The number of hydrogen-bond donors (Lipinski definition) is 0. The lowest BCUT2D eigenvalue weighted by Crippen LogP contribution is -2.45. The van der Waals surface area contributed by atoms with Crippen LogP contribution in [0.25, 0.3) is 6.08 Å². The van der Waals surface area contributed by atoms with Gasteiger partial charge in [0.25, 0.3) is 0 Å². The molecule has 0 aromatic carbocycles. The third kappa shape index (κ3) is 7.02. The highest BCUT2D eigenvalue weighted by Crippen LogP contribution is 2.16. The second-order valence-corrected chi connectivity index (χ2v) is 6.36. The monoisotopic (exact) mass is 414 g/mol. The highest BCUT2D eigenvalue weighted by atomic mass is 16.6. The highest BCUT2D eigenvalue weighted by Gasteiger charge is 2.21. The Bertz CT molecular complexity index is 795. The lowest BCUT2D eigenvalue weighted by Gasteiger charge is -2.31.